The van der Waals surface area contributed by atoms with Crippen LogP contribution in [-0.4, -0.2) is 19.0 Å². The van der Waals surface area contributed by atoms with E-state index in [0.717, 1.165) is 11.4 Å². The average molecular weight is 277 g/mol. The molecule has 0 saturated carbocycles. The van der Waals surface area contributed by atoms with Gasteiger partial charge in [-0.1, -0.05) is 44.2 Å². The molecule has 0 fully saturated rings. The van der Waals surface area contributed by atoms with Crippen LogP contribution in [0.3, 0.4) is 0 Å². The van der Waals surface area contributed by atoms with E-state index < -0.39 is 10.8 Å². The lowest BCUT2D eigenvalue weighted by molar-refractivity contribution is 0.642. The third kappa shape index (κ3) is 2.76. The van der Waals surface area contributed by atoms with E-state index in [4.69, 9.17) is 0 Å². The maximum atomic E-state index is 12.6. The Kier molecular flexibility index (Phi) is 4.14. The highest BCUT2D eigenvalue weighted by Crippen LogP contribution is 2.24. The van der Waals surface area contributed by atoms with Crippen LogP contribution in [0.2, 0.25) is 0 Å². The molecule has 0 amide bonds. The van der Waals surface area contributed by atoms with Gasteiger partial charge in [0.1, 0.15) is 5.82 Å². The van der Waals surface area contributed by atoms with Crippen LogP contribution >= 0.6 is 0 Å². The lowest BCUT2D eigenvalue weighted by Gasteiger charge is -2.11. The zero-order valence-corrected chi connectivity index (χ0v) is 12.5. The van der Waals surface area contributed by atoms with Gasteiger partial charge in [-0.15, -0.1) is 10.2 Å². The normalized spacial score (nSPS) is 14.6. The van der Waals surface area contributed by atoms with E-state index in [2.05, 4.69) is 24.0 Å². The van der Waals surface area contributed by atoms with Gasteiger partial charge in [-0.2, -0.15) is 0 Å². The van der Waals surface area contributed by atoms with Crippen molar-refractivity contribution >= 4 is 10.8 Å². The molecule has 0 spiro atoms. The summed E-state index contributed by atoms with van der Waals surface area (Å²) in [7, 11) is 0.678. The Morgan fingerprint density at radius 1 is 1.11 bits per heavy atom. The van der Waals surface area contributed by atoms with E-state index in [1.807, 2.05) is 48.9 Å². The average Bonchev–Trinajstić information content (AvgIpc) is 2.80. The zero-order chi connectivity index (χ0) is 14.0. The first kappa shape index (κ1) is 13.9. The predicted octanol–water partition coefficient (Wildman–Crippen LogP) is 2.81. The maximum Gasteiger partial charge on any atom is 0.221 e. The smallest absolute Gasteiger partial charge is 0.221 e. The lowest BCUT2D eigenvalue weighted by Crippen LogP contribution is -2.10. The third-order valence-electron chi connectivity index (χ3n) is 3.16. The monoisotopic (exact) mass is 277 g/mol. The summed E-state index contributed by atoms with van der Waals surface area (Å²) in [5.74, 6) is 1.14. The van der Waals surface area contributed by atoms with Crippen molar-refractivity contribution < 1.29 is 4.21 Å². The fourth-order valence-electron chi connectivity index (χ4n) is 2.01. The van der Waals surface area contributed by atoms with Gasteiger partial charge >= 0.3 is 0 Å². The fourth-order valence-corrected chi connectivity index (χ4v) is 3.22. The molecule has 2 rings (SSSR count). The molecule has 0 aliphatic heterocycles. The fraction of sp³-hybridized carbons (Fsp3) is 0.429. The summed E-state index contributed by atoms with van der Waals surface area (Å²) in [5.41, 5.74) is 1.05. The van der Waals surface area contributed by atoms with Crippen LogP contribution in [0, 0.1) is 0 Å². The van der Waals surface area contributed by atoms with Crippen molar-refractivity contribution in [2.45, 2.75) is 37.1 Å². The van der Waals surface area contributed by atoms with Crippen molar-refractivity contribution in [3.63, 3.8) is 0 Å². The minimum absolute atomic E-state index is 0.0934. The molecule has 0 saturated heterocycles. The Morgan fingerprint density at radius 3 is 2.26 bits per heavy atom. The minimum atomic E-state index is -1.20. The van der Waals surface area contributed by atoms with Crippen molar-refractivity contribution in [1.29, 1.82) is 0 Å². The summed E-state index contributed by atoms with van der Waals surface area (Å²) in [6.45, 7) is 6.06. The topological polar surface area (TPSA) is 47.8 Å². The number of rotatable bonds is 4. The Labute approximate surface area is 116 Å². The molecule has 1 aromatic carbocycles. The summed E-state index contributed by atoms with van der Waals surface area (Å²) in [6, 6.07) is 9.85. The van der Waals surface area contributed by atoms with Gasteiger partial charge in [0.2, 0.25) is 5.16 Å². The largest absolute Gasteiger partial charge is 0.307 e. The number of benzene rings is 1. The van der Waals surface area contributed by atoms with Gasteiger partial charge in [0.25, 0.3) is 0 Å². The van der Waals surface area contributed by atoms with Crippen LogP contribution in [0.1, 0.15) is 43.3 Å². The van der Waals surface area contributed by atoms with E-state index in [0.29, 0.717) is 5.16 Å². The van der Waals surface area contributed by atoms with Crippen LogP contribution in [-0.2, 0) is 17.8 Å². The second-order valence-corrected chi connectivity index (χ2v) is 6.57. The van der Waals surface area contributed by atoms with Crippen molar-refractivity contribution in [2.24, 2.45) is 7.05 Å². The molecule has 0 radical (unpaired) electrons. The predicted molar refractivity (Wildman–Crippen MR) is 76.4 cm³/mol. The molecule has 0 aliphatic rings. The van der Waals surface area contributed by atoms with Crippen molar-refractivity contribution in [3.8, 4) is 0 Å². The van der Waals surface area contributed by atoms with Crippen LogP contribution in [0.5, 0.6) is 0 Å². The number of hydrogen-bond acceptors (Lipinski definition) is 3. The van der Waals surface area contributed by atoms with Gasteiger partial charge in [-0.25, -0.2) is 0 Å². The van der Waals surface area contributed by atoms with Crippen molar-refractivity contribution in [1.82, 2.24) is 14.8 Å². The van der Waals surface area contributed by atoms with Gasteiger partial charge in [0.15, 0.2) is 0 Å². The summed E-state index contributed by atoms with van der Waals surface area (Å²) >= 11 is 0. The van der Waals surface area contributed by atoms with E-state index in [9.17, 15) is 4.21 Å². The lowest BCUT2D eigenvalue weighted by atomic mass is 10.2. The second-order valence-electron chi connectivity index (χ2n) is 4.90. The molecular formula is C14H19N3OS. The van der Waals surface area contributed by atoms with Gasteiger partial charge in [0.05, 0.1) is 16.0 Å². The Balaban J connectivity index is 2.30. The first-order valence-electron chi connectivity index (χ1n) is 6.37. The van der Waals surface area contributed by atoms with Crippen LogP contribution in [0.15, 0.2) is 35.5 Å². The third-order valence-corrected chi connectivity index (χ3v) is 4.78. The molecule has 2 aromatic rings. The molecule has 2 atom stereocenters. The second kappa shape index (κ2) is 5.65. The molecule has 0 bridgehead atoms. The quantitative estimate of drug-likeness (QED) is 0.863. The van der Waals surface area contributed by atoms with E-state index in [1.165, 1.54) is 0 Å². The minimum Gasteiger partial charge on any atom is -0.307 e. The van der Waals surface area contributed by atoms with Gasteiger partial charge in [-0.3, -0.25) is 4.21 Å². The Bertz CT molecular complexity index is 578. The molecule has 102 valence electrons. The number of aromatic nitrogens is 3. The molecule has 0 N–H and O–H groups in total. The standard InChI is InChI=1S/C14H19N3OS/c1-10(2)13-15-16-14(17(13)4)19(18)11(3)12-8-6-5-7-9-12/h5-11H,1-4H3. The number of hydrogen-bond donors (Lipinski definition) is 0. The summed E-state index contributed by atoms with van der Waals surface area (Å²) in [4.78, 5) is 0. The highest BCUT2D eigenvalue weighted by atomic mass is 32.2. The van der Waals surface area contributed by atoms with Gasteiger partial charge in [-0.05, 0) is 12.5 Å². The SMILES string of the molecule is CC(C)c1nnc(S(=O)C(C)c2ccccc2)n1C. The molecule has 1 aromatic heterocycles. The van der Waals surface area contributed by atoms with Crippen LogP contribution in [0.4, 0.5) is 0 Å². The summed E-state index contributed by atoms with van der Waals surface area (Å²) < 4.78 is 14.4. The zero-order valence-electron chi connectivity index (χ0n) is 11.7. The van der Waals surface area contributed by atoms with Gasteiger partial charge in [0, 0.05) is 13.0 Å². The Hall–Kier alpha value is -1.49. The Morgan fingerprint density at radius 2 is 1.74 bits per heavy atom. The maximum absolute atomic E-state index is 12.6. The molecule has 4 nitrogen and oxygen atoms in total. The highest BCUT2D eigenvalue weighted by molar-refractivity contribution is 7.85. The molecule has 5 heteroatoms. The molecule has 19 heavy (non-hydrogen) atoms. The summed E-state index contributed by atoms with van der Waals surface area (Å²) in [5, 5.41) is 8.68. The summed E-state index contributed by atoms with van der Waals surface area (Å²) in [6.07, 6.45) is 0. The van der Waals surface area contributed by atoms with Crippen LogP contribution < -0.4 is 0 Å². The number of nitrogens with zero attached hydrogens (tertiary/aromatic N) is 3. The van der Waals surface area contributed by atoms with Crippen molar-refractivity contribution in [2.75, 3.05) is 0 Å². The van der Waals surface area contributed by atoms with Crippen molar-refractivity contribution in [3.05, 3.63) is 41.7 Å². The molecular weight excluding hydrogens is 258 g/mol. The first-order chi connectivity index (χ1) is 9.02. The van der Waals surface area contributed by atoms with E-state index >= 15 is 0 Å². The van der Waals surface area contributed by atoms with E-state index in [-0.39, 0.29) is 11.2 Å². The van der Waals surface area contributed by atoms with E-state index in [1.54, 1.807) is 0 Å². The molecule has 1 heterocycles. The van der Waals surface area contributed by atoms with Gasteiger partial charge < -0.3 is 4.57 Å². The molecule has 0 aliphatic carbocycles. The molecule has 2 unspecified atom stereocenters. The van der Waals surface area contributed by atoms with Crippen LogP contribution in [0.25, 0.3) is 0 Å². The highest BCUT2D eigenvalue weighted by Gasteiger charge is 2.22. The first-order valence-corrected chi connectivity index (χ1v) is 7.58.